The minimum atomic E-state index is -0.00745. The van der Waals surface area contributed by atoms with Crippen LogP contribution >= 0.6 is 0 Å². The lowest BCUT2D eigenvalue weighted by Gasteiger charge is -2.36. The van der Waals surface area contributed by atoms with Crippen molar-refractivity contribution in [1.82, 2.24) is 25.4 Å². The molecule has 3 heterocycles. The van der Waals surface area contributed by atoms with Gasteiger partial charge in [-0.05, 0) is 45.4 Å². The summed E-state index contributed by atoms with van der Waals surface area (Å²) in [5.74, 6) is 1.74. The molecule has 0 spiro atoms. The minimum Gasteiger partial charge on any atom is -0.333 e. The van der Waals surface area contributed by atoms with Gasteiger partial charge in [0.1, 0.15) is 5.82 Å². The molecule has 1 saturated carbocycles. The molecule has 2 bridgehead atoms. The van der Waals surface area contributed by atoms with E-state index in [4.69, 9.17) is 0 Å². The highest BCUT2D eigenvalue weighted by molar-refractivity contribution is 5.90. The van der Waals surface area contributed by atoms with Crippen LogP contribution in [-0.4, -0.2) is 50.7 Å². The molecule has 2 saturated heterocycles. The normalized spacial score (nSPS) is 31.4. The largest absolute Gasteiger partial charge is 0.333 e. The fraction of sp³-hybridized carbons (Fsp3) is 0.800. The maximum absolute atomic E-state index is 12.7. The number of rotatable bonds is 4. The summed E-state index contributed by atoms with van der Waals surface area (Å²) in [7, 11) is 0. The van der Waals surface area contributed by atoms with E-state index in [-0.39, 0.29) is 5.91 Å². The van der Waals surface area contributed by atoms with Gasteiger partial charge in [0.2, 0.25) is 5.82 Å². The SMILES string of the molecule is CCN(C(=O)c1n[nH]c(C2CC2)n1)C1CC2CCC(C1)N2. The van der Waals surface area contributed by atoms with Gasteiger partial charge in [0, 0.05) is 30.6 Å². The Morgan fingerprint density at radius 2 is 1.95 bits per heavy atom. The number of nitrogens with zero attached hydrogens (tertiary/aromatic N) is 3. The molecule has 2 atom stereocenters. The van der Waals surface area contributed by atoms with E-state index >= 15 is 0 Å². The van der Waals surface area contributed by atoms with Crippen molar-refractivity contribution in [3.8, 4) is 0 Å². The molecule has 114 valence electrons. The summed E-state index contributed by atoms with van der Waals surface area (Å²) in [6, 6.07) is 1.51. The molecule has 2 unspecified atom stereocenters. The third-order valence-electron chi connectivity index (χ3n) is 5.15. The number of piperidine rings is 1. The average Bonchev–Trinajstić information content (AvgIpc) is 3.13. The first-order valence-electron chi connectivity index (χ1n) is 8.24. The quantitative estimate of drug-likeness (QED) is 0.879. The van der Waals surface area contributed by atoms with Crippen LogP contribution < -0.4 is 5.32 Å². The highest BCUT2D eigenvalue weighted by Gasteiger charge is 2.38. The number of nitrogens with one attached hydrogen (secondary N) is 2. The third-order valence-corrected chi connectivity index (χ3v) is 5.15. The van der Waals surface area contributed by atoms with Crippen molar-refractivity contribution in [2.45, 2.75) is 69.5 Å². The number of carbonyl (C=O) groups excluding carboxylic acids is 1. The molecule has 6 nitrogen and oxygen atoms in total. The van der Waals surface area contributed by atoms with Crippen molar-refractivity contribution >= 4 is 5.91 Å². The van der Waals surface area contributed by atoms with Gasteiger partial charge in [0.05, 0.1) is 0 Å². The second-order valence-electron chi connectivity index (χ2n) is 6.67. The molecule has 3 aliphatic rings. The summed E-state index contributed by atoms with van der Waals surface area (Å²) in [6.45, 7) is 2.78. The number of aromatic amines is 1. The number of aromatic nitrogens is 3. The molecule has 1 aliphatic carbocycles. The molecule has 0 radical (unpaired) electrons. The van der Waals surface area contributed by atoms with E-state index in [0.29, 0.717) is 29.9 Å². The summed E-state index contributed by atoms with van der Waals surface area (Å²) in [5, 5.41) is 10.7. The average molecular weight is 289 g/mol. The van der Waals surface area contributed by atoms with Gasteiger partial charge in [0.15, 0.2) is 0 Å². The van der Waals surface area contributed by atoms with E-state index in [9.17, 15) is 4.79 Å². The molecule has 4 rings (SSSR count). The minimum absolute atomic E-state index is 0.00745. The van der Waals surface area contributed by atoms with E-state index in [0.717, 1.165) is 38.1 Å². The van der Waals surface area contributed by atoms with Crippen LogP contribution in [0.2, 0.25) is 0 Å². The Labute approximate surface area is 124 Å². The number of hydrogen-bond donors (Lipinski definition) is 2. The van der Waals surface area contributed by atoms with Gasteiger partial charge >= 0.3 is 0 Å². The number of hydrogen-bond acceptors (Lipinski definition) is 4. The maximum atomic E-state index is 12.7. The lowest BCUT2D eigenvalue weighted by molar-refractivity contribution is 0.0619. The van der Waals surface area contributed by atoms with E-state index in [1.807, 2.05) is 4.90 Å². The molecule has 3 fully saturated rings. The Morgan fingerprint density at radius 3 is 2.57 bits per heavy atom. The highest BCUT2D eigenvalue weighted by Crippen LogP contribution is 2.38. The molecule has 0 aromatic carbocycles. The van der Waals surface area contributed by atoms with Crippen LogP contribution in [0.1, 0.15) is 67.8 Å². The van der Waals surface area contributed by atoms with E-state index in [1.54, 1.807) is 0 Å². The summed E-state index contributed by atoms with van der Waals surface area (Å²) < 4.78 is 0. The van der Waals surface area contributed by atoms with Crippen LogP contribution in [0.3, 0.4) is 0 Å². The molecule has 1 aromatic rings. The van der Waals surface area contributed by atoms with Crippen LogP contribution in [0, 0.1) is 0 Å². The smallest absolute Gasteiger partial charge is 0.293 e. The van der Waals surface area contributed by atoms with Gasteiger partial charge in [-0.3, -0.25) is 9.89 Å². The highest BCUT2D eigenvalue weighted by atomic mass is 16.2. The van der Waals surface area contributed by atoms with Gasteiger partial charge in [-0.25, -0.2) is 4.98 Å². The number of H-pyrrole nitrogens is 1. The summed E-state index contributed by atoms with van der Waals surface area (Å²) >= 11 is 0. The Balaban J connectivity index is 1.49. The fourth-order valence-corrected chi connectivity index (χ4v) is 3.89. The predicted molar refractivity (Wildman–Crippen MR) is 78.0 cm³/mol. The Bertz CT molecular complexity index is 526. The zero-order chi connectivity index (χ0) is 14.4. The fourth-order valence-electron chi connectivity index (χ4n) is 3.89. The number of carbonyl (C=O) groups is 1. The van der Waals surface area contributed by atoms with Gasteiger partial charge in [0.25, 0.3) is 5.91 Å². The van der Waals surface area contributed by atoms with Gasteiger partial charge in [-0.1, -0.05) is 0 Å². The molecular formula is C15H23N5O. The van der Waals surface area contributed by atoms with E-state index in [1.165, 1.54) is 12.8 Å². The molecule has 2 aliphatic heterocycles. The Morgan fingerprint density at radius 1 is 1.24 bits per heavy atom. The van der Waals surface area contributed by atoms with Crippen molar-refractivity contribution in [3.63, 3.8) is 0 Å². The Kier molecular flexibility index (Phi) is 3.21. The summed E-state index contributed by atoms with van der Waals surface area (Å²) in [5.41, 5.74) is 0. The predicted octanol–water partition coefficient (Wildman–Crippen LogP) is 1.43. The molecule has 6 heteroatoms. The standard InChI is InChI=1S/C15H23N5O/c1-2-20(12-7-10-5-6-11(8-12)16-10)15(21)14-17-13(18-19-14)9-3-4-9/h9-12,16H,2-8H2,1H3,(H,17,18,19). The van der Waals surface area contributed by atoms with Crippen LogP contribution in [-0.2, 0) is 0 Å². The van der Waals surface area contributed by atoms with E-state index < -0.39 is 0 Å². The first-order valence-corrected chi connectivity index (χ1v) is 8.24. The van der Waals surface area contributed by atoms with Gasteiger partial charge in [-0.15, -0.1) is 5.10 Å². The lowest BCUT2D eigenvalue weighted by atomic mass is 9.98. The summed E-state index contributed by atoms with van der Waals surface area (Å²) in [4.78, 5) is 19.1. The van der Waals surface area contributed by atoms with Crippen LogP contribution in [0.15, 0.2) is 0 Å². The zero-order valence-electron chi connectivity index (χ0n) is 12.5. The van der Waals surface area contributed by atoms with Crippen LogP contribution in [0.25, 0.3) is 0 Å². The van der Waals surface area contributed by atoms with Crippen molar-refractivity contribution in [2.75, 3.05) is 6.54 Å². The summed E-state index contributed by atoms with van der Waals surface area (Å²) in [6.07, 6.45) is 6.96. The van der Waals surface area contributed by atoms with Crippen molar-refractivity contribution in [2.24, 2.45) is 0 Å². The molecule has 2 N–H and O–H groups in total. The molecule has 1 amide bonds. The van der Waals surface area contributed by atoms with Crippen molar-refractivity contribution < 1.29 is 4.79 Å². The third kappa shape index (κ3) is 2.46. The maximum Gasteiger partial charge on any atom is 0.293 e. The van der Waals surface area contributed by atoms with E-state index in [2.05, 4.69) is 27.4 Å². The topological polar surface area (TPSA) is 73.9 Å². The van der Waals surface area contributed by atoms with Crippen LogP contribution in [0.4, 0.5) is 0 Å². The van der Waals surface area contributed by atoms with Gasteiger partial charge < -0.3 is 10.2 Å². The van der Waals surface area contributed by atoms with Crippen LogP contribution in [0.5, 0.6) is 0 Å². The lowest BCUT2D eigenvalue weighted by Crippen LogP contribution is -2.50. The monoisotopic (exact) mass is 289 g/mol. The first-order chi connectivity index (χ1) is 10.2. The molecule has 1 aromatic heterocycles. The second-order valence-corrected chi connectivity index (χ2v) is 6.67. The van der Waals surface area contributed by atoms with Gasteiger partial charge in [-0.2, -0.15) is 0 Å². The van der Waals surface area contributed by atoms with Crippen molar-refractivity contribution in [3.05, 3.63) is 11.6 Å². The molecular weight excluding hydrogens is 266 g/mol. The van der Waals surface area contributed by atoms with Crippen molar-refractivity contribution in [1.29, 1.82) is 0 Å². The number of amides is 1. The number of fused-ring (bicyclic) bond motifs is 2. The zero-order valence-corrected chi connectivity index (χ0v) is 12.5. The second kappa shape index (κ2) is 5.09. The Hall–Kier alpha value is -1.43. The molecule has 21 heavy (non-hydrogen) atoms. The first kappa shape index (κ1) is 13.2.